The van der Waals surface area contributed by atoms with E-state index in [1.54, 1.807) is 12.1 Å². The van der Waals surface area contributed by atoms with Crippen molar-refractivity contribution in [2.45, 2.75) is 0 Å². The van der Waals surface area contributed by atoms with Crippen LogP contribution in [0.4, 0.5) is 5.69 Å². The Morgan fingerprint density at radius 2 is 1.78 bits per heavy atom. The molecule has 0 saturated carbocycles. The third-order valence-electron chi connectivity index (χ3n) is 0.996. The number of anilines is 1. The van der Waals surface area contributed by atoms with Crippen molar-refractivity contribution in [3.63, 3.8) is 0 Å². The molecule has 0 spiro atoms. The molecule has 0 aliphatic rings. The van der Waals surface area contributed by atoms with Crippen LogP contribution in [0.2, 0.25) is 0 Å². The Labute approximate surface area is 62.4 Å². The van der Waals surface area contributed by atoms with Crippen molar-refractivity contribution in [3.8, 4) is 0 Å². The SMILES string of the molecule is ONc1ccc([As])cc1. The normalized spacial score (nSPS) is 9.11. The Kier molecular flexibility index (Phi) is 2.15. The maximum atomic E-state index is 8.37. The van der Waals surface area contributed by atoms with Crippen LogP contribution in [0.25, 0.3) is 0 Å². The summed E-state index contributed by atoms with van der Waals surface area (Å²) in [4.78, 5) is 0. The van der Waals surface area contributed by atoms with Gasteiger partial charge >= 0.3 is 61.8 Å². The topological polar surface area (TPSA) is 32.3 Å². The van der Waals surface area contributed by atoms with Crippen molar-refractivity contribution in [1.82, 2.24) is 0 Å². The Hall–Kier alpha value is -0.462. The first kappa shape index (κ1) is 6.66. The zero-order valence-corrected chi connectivity index (χ0v) is 6.58. The van der Waals surface area contributed by atoms with Crippen LogP contribution in [0.5, 0.6) is 0 Å². The van der Waals surface area contributed by atoms with Crippen molar-refractivity contribution in [1.29, 1.82) is 0 Å². The Bertz CT molecular complexity index is 185. The van der Waals surface area contributed by atoms with Crippen LogP contribution in [-0.4, -0.2) is 22.1 Å². The average molecular weight is 183 g/mol. The fourth-order valence-corrected chi connectivity index (χ4v) is 0.849. The molecule has 0 aromatic heterocycles. The first-order valence-electron chi connectivity index (χ1n) is 2.52. The van der Waals surface area contributed by atoms with Crippen LogP contribution in [0.3, 0.4) is 0 Å². The van der Waals surface area contributed by atoms with Gasteiger partial charge in [-0.25, -0.2) is 0 Å². The summed E-state index contributed by atoms with van der Waals surface area (Å²) in [5.41, 5.74) is 2.76. The van der Waals surface area contributed by atoms with E-state index < -0.39 is 0 Å². The Morgan fingerprint density at radius 3 is 2.22 bits per heavy atom. The molecule has 2 radical (unpaired) electrons. The van der Waals surface area contributed by atoms with E-state index in [1.807, 2.05) is 17.6 Å². The van der Waals surface area contributed by atoms with Gasteiger partial charge in [-0.2, -0.15) is 0 Å². The molecule has 0 bridgehead atoms. The molecule has 0 unspecified atom stereocenters. The molecule has 9 heavy (non-hydrogen) atoms. The van der Waals surface area contributed by atoms with Gasteiger partial charge in [0.15, 0.2) is 0 Å². The van der Waals surface area contributed by atoms with Gasteiger partial charge in [0.05, 0.1) is 0 Å². The second kappa shape index (κ2) is 2.90. The summed E-state index contributed by atoms with van der Waals surface area (Å²) in [6.45, 7) is 0. The van der Waals surface area contributed by atoms with Crippen molar-refractivity contribution in [2.24, 2.45) is 0 Å². The summed E-state index contributed by atoms with van der Waals surface area (Å²) < 4.78 is 1.13. The van der Waals surface area contributed by atoms with E-state index >= 15 is 0 Å². The number of benzene rings is 1. The van der Waals surface area contributed by atoms with E-state index in [0.29, 0.717) is 5.69 Å². The molecule has 2 N–H and O–H groups in total. The molecule has 1 aromatic carbocycles. The molecule has 0 atom stereocenters. The molecular formula is C6H6AsNO. The van der Waals surface area contributed by atoms with E-state index in [9.17, 15) is 0 Å². The summed E-state index contributed by atoms with van der Waals surface area (Å²) >= 11 is 2.42. The van der Waals surface area contributed by atoms with E-state index in [2.05, 4.69) is 16.9 Å². The molecule has 2 nitrogen and oxygen atoms in total. The van der Waals surface area contributed by atoms with Gasteiger partial charge in [0.2, 0.25) is 0 Å². The van der Waals surface area contributed by atoms with Crippen LogP contribution >= 0.6 is 0 Å². The fraction of sp³-hybridized carbons (Fsp3) is 0. The van der Waals surface area contributed by atoms with Gasteiger partial charge in [-0.05, 0) is 0 Å². The number of hydrogen-bond acceptors (Lipinski definition) is 2. The van der Waals surface area contributed by atoms with Crippen LogP contribution in [0.1, 0.15) is 0 Å². The molecule has 0 saturated heterocycles. The molecule has 0 heterocycles. The Balaban J connectivity index is 2.88. The molecule has 0 aliphatic carbocycles. The summed E-state index contributed by atoms with van der Waals surface area (Å²) in [5, 5.41) is 8.37. The minimum absolute atomic E-state index is 0.713. The molecule has 0 amide bonds. The summed E-state index contributed by atoms with van der Waals surface area (Å²) in [6.07, 6.45) is 0. The molecular weight excluding hydrogens is 177 g/mol. The standard InChI is InChI=1S/C6H6AsNO/c7-5-1-3-6(8-9)4-2-5/h1-4,8-9H. The zero-order chi connectivity index (χ0) is 6.69. The van der Waals surface area contributed by atoms with Crippen molar-refractivity contribution in [2.75, 3.05) is 5.48 Å². The van der Waals surface area contributed by atoms with E-state index in [-0.39, 0.29) is 0 Å². The van der Waals surface area contributed by atoms with Crippen LogP contribution < -0.4 is 9.83 Å². The molecule has 0 fully saturated rings. The van der Waals surface area contributed by atoms with E-state index in [4.69, 9.17) is 5.21 Å². The van der Waals surface area contributed by atoms with Gasteiger partial charge in [0.1, 0.15) is 0 Å². The number of nitrogens with one attached hydrogen (secondary N) is 1. The van der Waals surface area contributed by atoms with Crippen LogP contribution in [0.15, 0.2) is 24.3 Å². The third-order valence-corrected chi connectivity index (χ3v) is 1.62. The predicted octanol–water partition coefficient (Wildman–Crippen LogP) is 0.281. The zero-order valence-electron chi connectivity index (χ0n) is 4.70. The van der Waals surface area contributed by atoms with E-state index in [1.165, 1.54) is 0 Å². The van der Waals surface area contributed by atoms with Gasteiger partial charge in [0, 0.05) is 0 Å². The van der Waals surface area contributed by atoms with Crippen LogP contribution in [0, 0.1) is 0 Å². The number of hydrogen-bond donors (Lipinski definition) is 2. The second-order valence-corrected chi connectivity index (χ2v) is 2.74. The second-order valence-electron chi connectivity index (χ2n) is 1.66. The number of rotatable bonds is 1. The Morgan fingerprint density at radius 1 is 1.22 bits per heavy atom. The van der Waals surface area contributed by atoms with Gasteiger partial charge in [-0.1, -0.05) is 0 Å². The average Bonchev–Trinajstić information content (AvgIpc) is 1.90. The summed E-state index contributed by atoms with van der Waals surface area (Å²) in [7, 11) is 0. The predicted molar refractivity (Wildman–Crippen MR) is 37.2 cm³/mol. The van der Waals surface area contributed by atoms with E-state index in [0.717, 1.165) is 4.35 Å². The van der Waals surface area contributed by atoms with Gasteiger partial charge < -0.3 is 0 Å². The monoisotopic (exact) mass is 183 g/mol. The molecule has 1 aromatic rings. The van der Waals surface area contributed by atoms with Crippen molar-refractivity contribution < 1.29 is 5.21 Å². The maximum absolute atomic E-state index is 8.37. The van der Waals surface area contributed by atoms with Crippen molar-refractivity contribution >= 4 is 26.9 Å². The fourth-order valence-electron chi connectivity index (χ4n) is 0.536. The summed E-state index contributed by atoms with van der Waals surface area (Å²) in [5.74, 6) is 0. The molecule has 46 valence electrons. The quantitative estimate of drug-likeness (QED) is 0.484. The minimum atomic E-state index is 0.713. The molecule has 3 heteroatoms. The first-order valence-corrected chi connectivity index (χ1v) is 3.46. The molecule has 1 rings (SSSR count). The van der Waals surface area contributed by atoms with Gasteiger partial charge in [0.25, 0.3) is 0 Å². The van der Waals surface area contributed by atoms with Gasteiger partial charge in [-0.3, -0.25) is 0 Å². The third kappa shape index (κ3) is 1.74. The van der Waals surface area contributed by atoms with Crippen LogP contribution in [-0.2, 0) is 0 Å². The van der Waals surface area contributed by atoms with Crippen molar-refractivity contribution in [3.05, 3.63) is 24.3 Å². The molecule has 0 aliphatic heterocycles. The van der Waals surface area contributed by atoms with Gasteiger partial charge in [-0.15, -0.1) is 0 Å². The summed E-state index contributed by atoms with van der Waals surface area (Å²) in [6, 6.07) is 7.40. The first-order chi connectivity index (χ1) is 4.33.